The predicted molar refractivity (Wildman–Crippen MR) is 156 cm³/mol. The normalized spacial score (nSPS) is 15.6. The number of Topliss-reactive ketones (excluding diaryl/α,β-unsaturated/α-hetero) is 1. The van der Waals surface area contributed by atoms with E-state index in [4.69, 9.17) is 9.47 Å². The average molecular weight is 601 g/mol. The average Bonchev–Trinajstić information content (AvgIpc) is 3.35. The molecule has 0 saturated carbocycles. The van der Waals surface area contributed by atoms with E-state index in [1.54, 1.807) is 12.1 Å². The third-order valence-electron chi connectivity index (χ3n) is 7.75. The second-order valence-electron chi connectivity index (χ2n) is 10.1. The Hall–Kier alpha value is -3.97. The molecule has 0 unspecified atom stereocenters. The first-order valence-electron chi connectivity index (χ1n) is 13.1. The van der Waals surface area contributed by atoms with Crippen molar-refractivity contribution in [2.45, 2.75) is 31.7 Å². The molecule has 0 radical (unpaired) electrons. The van der Waals surface area contributed by atoms with E-state index in [0.29, 0.717) is 12.1 Å². The molecule has 1 aliphatic carbocycles. The molecule has 3 aromatic carbocycles. The smallest absolute Gasteiger partial charge is 0.323 e. The maximum Gasteiger partial charge on any atom is 0.323 e. The van der Waals surface area contributed by atoms with E-state index in [2.05, 4.69) is 26.6 Å². The zero-order chi connectivity index (χ0) is 28.3. The van der Waals surface area contributed by atoms with Gasteiger partial charge >= 0.3 is 11.9 Å². The van der Waals surface area contributed by atoms with Crippen LogP contribution in [0.15, 0.2) is 95.5 Å². The van der Waals surface area contributed by atoms with Gasteiger partial charge in [-0.3, -0.25) is 14.4 Å². The van der Waals surface area contributed by atoms with Gasteiger partial charge in [-0.1, -0.05) is 88.7 Å². The van der Waals surface area contributed by atoms with Gasteiger partial charge in [-0.15, -0.1) is 0 Å². The third kappa shape index (κ3) is 5.26. The van der Waals surface area contributed by atoms with Crippen LogP contribution in [0.5, 0.6) is 0 Å². The van der Waals surface area contributed by atoms with Crippen molar-refractivity contribution in [3.05, 3.63) is 118 Å². The van der Waals surface area contributed by atoms with Crippen LogP contribution in [0.25, 0.3) is 11.3 Å². The number of esters is 2. The lowest BCUT2D eigenvalue weighted by molar-refractivity contribution is -0.170. The maximum atomic E-state index is 13.5. The van der Waals surface area contributed by atoms with E-state index < -0.39 is 23.3 Å². The summed E-state index contributed by atoms with van der Waals surface area (Å²) < 4.78 is 13.4. The maximum absolute atomic E-state index is 13.5. The molecule has 1 aromatic heterocycles. The molecule has 0 amide bonds. The van der Waals surface area contributed by atoms with E-state index in [0.717, 1.165) is 32.6 Å². The number of aromatic nitrogens is 1. The van der Waals surface area contributed by atoms with Crippen LogP contribution in [-0.2, 0) is 32.0 Å². The van der Waals surface area contributed by atoms with Crippen molar-refractivity contribution in [1.29, 1.82) is 0 Å². The predicted octanol–water partition coefficient (Wildman–Crippen LogP) is 6.60. The Morgan fingerprint density at radius 3 is 2.08 bits per heavy atom. The molecular weight excluding hydrogens is 570 g/mol. The van der Waals surface area contributed by atoms with E-state index in [1.165, 1.54) is 14.2 Å². The van der Waals surface area contributed by atoms with Gasteiger partial charge in [0.15, 0.2) is 11.2 Å². The van der Waals surface area contributed by atoms with Crippen LogP contribution in [0.4, 0.5) is 0 Å². The van der Waals surface area contributed by atoms with E-state index in [1.807, 2.05) is 72.8 Å². The van der Waals surface area contributed by atoms with Gasteiger partial charge in [-0.2, -0.15) is 0 Å². The summed E-state index contributed by atoms with van der Waals surface area (Å²) in [6.07, 6.45) is 0.365. The molecule has 4 aromatic rings. The quantitative estimate of drug-likeness (QED) is 0.129. The van der Waals surface area contributed by atoms with Gasteiger partial charge < -0.3 is 14.0 Å². The summed E-state index contributed by atoms with van der Waals surface area (Å²) in [6, 6.07) is 29.4. The Labute approximate surface area is 242 Å². The number of hydrogen-bond acceptors (Lipinski definition) is 5. The summed E-state index contributed by atoms with van der Waals surface area (Å²) in [5.74, 6) is -1.77. The number of nitrogens with zero attached hydrogens (tertiary/aromatic N) is 1. The molecule has 0 N–H and O–H groups in total. The topological polar surface area (TPSA) is 74.6 Å². The number of carbonyl (C=O) groups is 3. The standard InChI is InChI=1S/C33H30BrNO5/c1-39-31(37)33(32(38)40-2)19-25(17-30(36)24-13-15-26(34)16-14-24)27-18-28(23-11-7-4-8-12-23)35(29(27)20-33)21-22-9-5-3-6-10-22/h3-16,18,25H,17,19-21H2,1-2H3/t25-/m0/s1. The van der Waals surface area contributed by atoms with Crippen molar-refractivity contribution >= 4 is 33.7 Å². The third-order valence-corrected chi connectivity index (χ3v) is 8.28. The monoisotopic (exact) mass is 599 g/mol. The molecule has 204 valence electrons. The fourth-order valence-electron chi connectivity index (χ4n) is 5.79. The Morgan fingerprint density at radius 2 is 1.48 bits per heavy atom. The second kappa shape index (κ2) is 11.6. The van der Waals surface area contributed by atoms with Crippen molar-refractivity contribution in [3.63, 3.8) is 0 Å². The number of fused-ring (bicyclic) bond motifs is 1. The number of ketones is 1. The highest BCUT2D eigenvalue weighted by Gasteiger charge is 2.54. The molecule has 0 spiro atoms. The van der Waals surface area contributed by atoms with Crippen molar-refractivity contribution in [3.8, 4) is 11.3 Å². The summed E-state index contributed by atoms with van der Waals surface area (Å²) in [4.78, 5) is 40.2. The molecule has 0 fully saturated rings. The van der Waals surface area contributed by atoms with Crippen molar-refractivity contribution in [2.75, 3.05) is 14.2 Å². The summed E-state index contributed by atoms with van der Waals surface area (Å²) in [7, 11) is 2.56. The highest BCUT2D eigenvalue weighted by Crippen LogP contribution is 2.48. The Kier molecular flexibility index (Phi) is 8.03. The Bertz CT molecular complexity index is 1510. The molecule has 7 heteroatoms. The molecule has 0 bridgehead atoms. The molecule has 0 aliphatic heterocycles. The van der Waals surface area contributed by atoms with E-state index in [9.17, 15) is 14.4 Å². The zero-order valence-electron chi connectivity index (χ0n) is 22.4. The van der Waals surface area contributed by atoms with Gasteiger partial charge in [-0.05, 0) is 47.2 Å². The van der Waals surface area contributed by atoms with Crippen molar-refractivity contribution in [1.82, 2.24) is 4.57 Å². The highest BCUT2D eigenvalue weighted by molar-refractivity contribution is 9.10. The number of ether oxygens (including phenoxy) is 2. The minimum atomic E-state index is -1.57. The largest absolute Gasteiger partial charge is 0.468 e. The Morgan fingerprint density at radius 1 is 0.875 bits per heavy atom. The van der Waals surface area contributed by atoms with Crippen LogP contribution in [0.3, 0.4) is 0 Å². The zero-order valence-corrected chi connectivity index (χ0v) is 24.0. The lowest BCUT2D eigenvalue weighted by Gasteiger charge is -2.37. The van der Waals surface area contributed by atoms with Crippen LogP contribution in [0.2, 0.25) is 0 Å². The summed E-state index contributed by atoms with van der Waals surface area (Å²) in [5, 5.41) is 0. The van der Waals surface area contributed by atoms with Crippen LogP contribution >= 0.6 is 15.9 Å². The minimum absolute atomic E-state index is 0.0638. The molecule has 0 saturated heterocycles. The van der Waals surface area contributed by atoms with Gasteiger partial charge in [0.05, 0.1) is 14.2 Å². The molecule has 5 rings (SSSR count). The number of methoxy groups -OCH3 is 2. The second-order valence-corrected chi connectivity index (χ2v) is 11.1. The van der Waals surface area contributed by atoms with Crippen LogP contribution in [-0.4, -0.2) is 36.5 Å². The van der Waals surface area contributed by atoms with Crippen molar-refractivity contribution < 1.29 is 23.9 Å². The lowest BCUT2D eigenvalue weighted by Crippen LogP contribution is -2.47. The molecular formula is C33H30BrNO5. The molecule has 1 heterocycles. The van der Waals surface area contributed by atoms with Crippen molar-refractivity contribution in [2.24, 2.45) is 5.41 Å². The first kappa shape index (κ1) is 27.6. The fourth-order valence-corrected chi connectivity index (χ4v) is 6.05. The van der Waals surface area contributed by atoms with Crippen LogP contribution < -0.4 is 0 Å². The number of halogens is 1. The first-order chi connectivity index (χ1) is 19.4. The summed E-state index contributed by atoms with van der Waals surface area (Å²) in [5.41, 5.74) is 3.84. The van der Waals surface area contributed by atoms with Crippen LogP contribution in [0.1, 0.15) is 45.9 Å². The van der Waals surface area contributed by atoms with E-state index in [-0.39, 0.29) is 25.0 Å². The van der Waals surface area contributed by atoms with Gasteiger partial charge in [0.1, 0.15) is 0 Å². The molecule has 1 aliphatic rings. The summed E-state index contributed by atoms with van der Waals surface area (Å²) >= 11 is 3.42. The number of hydrogen-bond donors (Lipinski definition) is 0. The number of benzene rings is 3. The number of rotatable bonds is 8. The van der Waals surface area contributed by atoms with Gasteiger partial charge in [0.2, 0.25) is 0 Å². The van der Waals surface area contributed by atoms with Gasteiger partial charge in [-0.25, -0.2) is 0 Å². The van der Waals surface area contributed by atoms with E-state index >= 15 is 0 Å². The molecule has 6 nitrogen and oxygen atoms in total. The minimum Gasteiger partial charge on any atom is -0.468 e. The first-order valence-corrected chi connectivity index (χ1v) is 13.9. The van der Waals surface area contributed by atoms with Gasteiger partial charge in [0.25, 0.3) is 0 Å². The SMILES string of the molecule is COC(=O)C1(C(=O)OC)Cc2c(cc(-c3ccccc3)n2Cc2ccccc2)[C@@H](CC(=O)c2ccc(Br)cc2)C1. The summed E-state index contributed by atoms with van der Waals surface area (Å²) in [6.45, 7) is 0.534. The lowest BCUT2D eigenvalue weighted by atomic mass is 9.67. The van der Waals surface area contributed by atoms with Gasteiger partial charge in [0, 0.05) is 40.8 Å². The molecule has 1 atom stereocenters. The van der Waals surface area contributed by atoms with Crippen LogP contribution in [0, 0.1) is 5.41 Å². The Balaban J connectivity index is 1.69. The molecule has 40 heavy (non-hydrogen) atoms. The fraction of sp³-hybridized carbons (Fsp3) is 0.242. The highest BCUT2D eigenvalue weighted by atomic mass is 79.9. The number of carbonyl (C=O) groups excluding carboxylic acids is 3.